The molecule has 4 nitrogen and oxygen atoms in total. The molecule has 2 rings (SSSR count). The maximum Gasteiger partial charge on any atom is 0.268 e. The van der Waals surface area contributed by atoms with Gasteiger partial charge in [0.15, 0.2) is 0 Å². The first-order chi connectivity index (χ1) is 12.5. The van der Waals surface area contributed by atoms with Gasteiger partial charge in [0.2, 0.25) is 5.78 Å². The Bertz CT molecular complexity index is 857. The largest absolute Gasteiger partial charge is 0.287 e. The van der Waals surface area contributed by atoms with E-state index in [9.17, 15) is 13.2 Å². The first-order valence-corrected chi connectivity index (χ1v) is 9.63. The van der Waals surface area contributed by atoms with Crippen LogP contribution in [0.2, 0.25) is 0 Å². The van der Waals surface area contributed by atoms with Gasteiger partial charge in [-0.05, 0) is 31.9 Å². The molecule has 0 N–H and O–H groups in total. The molecule has 1 aromatic rings. The fraction of sp³-hybridized carbons (Fsp3) is 0.190. The second-order valence-corrected chi connectivity index (χ2v) is 7.02. The standard InChI is InChI=1S/C19H21NO3S.C2H2/c1-3-5-11-16(4-2)19(21)18-14-9-10-15-20(18)24(22,23)17-12-7-6-8-13-17;1-2/h4-8,10-15H,3,9H2,1-2H3;1-2H/b11-5-,16-4+;. The van der Waals surface area contributed by atoms with Gasteiger partial charge in [-0.1, -0.05) is 55.5 Å². The lowest BCUT2D eigenvalue weighted by atomic mass is 10.1. The summed E-state index contributed by atoms with van der Waals surface area (Å²) >= 11 is 0. The highest BCUT2D eigenvalue weighted by Crippen LogP contribution is 2.26. The zero-order valence-corrected chi connectivity index (χ0v) is 15.8. The van der Waals surface area contributed by atoms with E-state index in [4.69, 9.17) is 0 Å². The lowest BCUT2D eigenvalue weighted by molar-refractivity contribution is -0.112. The summed E-state index contributed by atoms with van der Waals surface area (Å²) in [6.45, 7) is 3.74. The number of carbonyl (C=O) groups is 1. The molecule has 26 heavy (non-hydrogen) atoms. The highest BCUT2D eigenvalue weighted by molar-refractivity contribution is 7.89. The van der Waals surface area contributed by atoms with E-state index >= 15 is 0 Å². The van der Waals surface area contributed by atoms with E-state index in [1.165, 1.54) is 18.3 Å². The van der Waals surface area contributed by atoms with Crippen molar-refractivity contribution in [2.45, 2.75) is 31.6 Å². The number of nitrogens with zero attached hydrogens (tertiary/aromatic N) is 1. The maximum atomic E-state index is 12.9. The van der Waals surface area contributed by atoms with Crippen molar-refractivity contribution >= 4 is 15.8 Å². The molecule has 1 aliphatic rings. The predicted octanol–water partition coefficient (Wildman–Crippen LogP) is 4.21. The molecule has 136 valence electrons. The van der Waals surface area contributed by atoms with E-state index in [0.717, 1.165) is 10.7 Å². The van der Waals surface area contributed by atoms with Crippen LogP contribution in [0.5, 0.6) is 0 Å². The third-order valence-electron chi connectivity index (χ3n) is 3.56. The zero-order chi connectivity index (χ0) is 19.6. The molecule has 1 heterocycles. The quantitative estimate of drug-likeness (QED) is 0.429. The van der Waals surface area contributed by atoms with Crippen molar-refractivity contribution < 1.29 is 13.2 Å². The Morgan fingerprint density at radius 2 is 1.88 bits per heavy atom. The molecule has 0 atom stereocenters. The molecule has 0 radical (unpaired) electrons. The number of carbonyl (C=O) groups excluding carboxylic acids is 1. The third-order valence-corrected chi connectivity index (χ3v) is 5.27. The highest BCUT2D eigenvalue weighted by atomic mass is 32.2. The number of Topliss-reactive ketones (excluding diaryl/α,β-unsaturated/α-hetero) is 1. The highest BCUT2D eigenvalue weighted by Gasteiger charge is 2.30. The number of terminal acetylenes is 1. The van der Waals surface area contributed by atoms with Gasteiger partial charge in [-0.2, -0.15) is 0 Å². The smallest absolute Gasteiger partial charge is 0.268 e. The van der Waals surface area contributed by atoms with Crippen molar-refractivity contribution in [3.05, 3.63) is 78.2 Å². The van der Waals surface area contributed by atoms with Crippen LogP contribution in [0.4, 0.5) is 0 Å². The number of allylic oxidation sites excluding steroid dienone is 6. The summed E-state index contributed by atoms with van der Waals surface area (Å²) < 4.78 is 26.8. The molecule has 1 aliphatic heterocycles. The van der Waals surface area contributed by atoms with Gasteiger partial charge in [0.1, 0.15) is 5.70 Å². The van der Waals surface area contributed by atoms with Crippen LogP contribution in [0, 0.1) is 12.8 Å². The van der Waals surface area contributed by atoms with Crippen LogP contribution in [-0.2, 0) is 14.8 Å². The molecular formula is C21H23NO3S. The van der Waals surface area contributed by atoms with Gasteiger partial charge in [-0.25, -0.2) is 12.7 Å². The molecule has 0 saturated heterocycles. The Kier molecular flexibility index (Phi) is 8.33. The number of benzene rings is 1. The maximum absolute atomic E-state index is 12.9. The van der Waals surface area contributed by atoms with Gasteiger partial charge in [-0.3, -0.25) is 4.79 Å². The van der Waals surface area contributed by atoms with Gasteiger partial charge in [0.25, 0.3) is 10.0 Å². The predicted molar refractivity (Wildman–Crippen MR) is 105 cm³/mol. The van der Waals surface area contributed by atoms with Crippen molar-refractivity contribution in [2.24, 2.45) is 0 Å². The van der Waals surface area contributed by atoms with Crippen LogP contribution < -0.4 is 0 Å². The van der Waals surface area contributed by atoms with Gasteiger partial charge in [0, 0.05) is 11.8 Å². The lowest BCUT2D eigenvalue weighted by Crippen LogP contribution is -2.31. The summed E-state index contributed by atoms with van der Waals surface area (Å²) in [7, 11) is -3.81. The number of hydrogen-bond donors (Lipinski definition) is 0. The molecule has 0 unspecified atom stereocenters. The van der Waals surface area contributed by atoms with Crippen LogP contribution in [0.3, 0.4) is 0 Å². The molecule has 0 aliphatic carbocycles. The van der Waals surface area contributed by atoms with Crippen LogP contribution in [0.15, 0.2) is 83.1 Å². The van der Waals surface area contributed by atoms with Crippen LogP contribution in [0.25, 0.3) is 0 Å². The molecule has 0 spiro atoms. The average Bonchev–Trinajstić information content (AvgIpc) is 2.70. The molecule has 0 saturated carbocycles. The van der Waals surface area contributed by atoms with Crippen LogP contribution in [0.1, 0.15) is 26.7 Å². The molecule has 0 aromatic heterocycles. The van der Waals surface area contributed by atoms with Crippen LogP contribution >= 0.6 is 0 Å². The van der Waals surface area contributed by atoms with E-state index in [2.05, 4.69) is 12.8 Å². The van der Waals surface area contributed by atoms with E-state index in [0.29, 0.717) is 12.0 Å². The number of ketones is 1. The molecule has 5 heteroatoms. The topological polar surface area (TPSA) is 54.5 Å². The van der Waals surface area contributed by atoms with Gasteiger partial charge in [-0.15, -0.1) is 12.8 Å². The van der Waals surface area contributed by atoms with E-state index < -0.39 is 10.0 Å². The summed E-state index contributed by atoms with van der Waals surface area (Å²) in [5.41, 5.74) is 0.641. The Labute approximate surface area is 156 Å². The number of hydrogen-bond acceptors (Lipinski definition) is 3. The summed E-state index contributed by atoms with van der Waals surface area (Å²) in [4.78, 5) is 12.9. The average molecular weight is 369 g/mol. The summed E-state index contributed by atoms with van der Waals surface area (Å²) in [6.07, 6.45) is 19.4. The van der Waals surface area contributed by atoms with Crippen molar-refractivity contribution in [3.8, 4) is 12.8 Å². The molecule has 0 amide bonds. The van der Waals surface area contributed by atoms with E-state index in [1.54, 1.807) is 49.4 Å². The van der Waals surface area contributed by atoms with Gasteiger partial charge in [0.05, 0.1) is 4.90 Å². The molecule has 1 aromatic carbocycles. The minimum absolute atomic E-state index is 0.154. The summed E-state index contributed by atoms with van der Waals surface area (Å²) in [5, 5.41) is 0. The second kappa shape index (κ2) is 10.2. The van der Waals surface area contributed by atoms with E-state index in [1.807, 2.05) is 13.0 Å². The monoisotopic (exact) mass is 369 g/mol. The summed E-state index contributed by atoms with van der Waals surface area (Å²) in [5.74, 6) is -0.300. The van der Waals surface area contributed by atoms with Crippen molar-refractivity contribution in [2.75, 3.05) is 0 Å². The Hall–Kier alpha value is -2.84. The minimum Gasteiger partial charge on any atom is -0.287 e. The molecule has 0 bridgehead atoms. The fourth-order valence-electron chi connectivity index (χ4n) is 2.31. The Morgan fingerprint density at radius 1 is 1.23 bits per heavy atom. The van der Waals surface area contributed by atoms with E-state index in [-0.39, 0.29) is 16.4 Å². The SMILES string of the molecule is C#C.C/C=C(\C=C/CC)C(=O)C1=CCC=CN1S(=O)(=O)c1ccccc1. The number of rotatable bonds is 6. The summed E-state index contributed by atoms with van der Waals surface area (Å²) in [6, 6.07) is 8.11. The van der Waals surface area contributed by atoms with Gasteiger partial charge >= 0.3 is 0 Å². The van der Waals surface area contributed by atoms with Crippen molar-refractivity contribution in [3.63, 3.8) is 0 Å². The zero-order valence-electron chi connectivity index (χ0n) is 15.0. The minimum atomic E-state index is -3.81. The van der Waals surface area contributed by atoms with Crippen molar-refractivity contribution in [1.29, 1.82) is 0 Å². The first kappa shape index (κ1) is 21.2. The van der Waals surface area contributed by atoms with Crippen molar-refractivity contribution in [1.82, 2.24) is 4.31 Å². The second-order valence-electron chi connectivity index (χ2n) is 5.21. The normalized spacial score (nSPS) is 14.5. The van der Waals surface area contributed by atoms with Crippen LogP contribution in [-0.4, -0.2) is 18.5 Å². The number of sulfonamides is 1. The molecule has 0 fully saturated rings. The third kappa shape index (κ3) is 4.84. The Balaban J connectivity index is 0.00000163. The Morgan fingerprint density at radius 3 is 2.46 bits per heavy atom. The molecular weight excluding hydrogens is 346 g/mol. The fourth-order valence-corrected chi connectivity index (χ4v) is 3.70. The first-order valence-electron chi connectivity index (χ1n) is 8.19. The van der Waals surface area contributed by atoms with Gasteiger partial charge < -0.3 is 0 Å². The lowest BCUT2D eigenvalue weighted by Gasteiger charge is -2.25.